The number of rotatable bonds is 3. The predicted molar refractivity (Wildman–Crippen MR) is 126 cm³/mol. The number of aromatic nitrogens is 2. The van der Waals surface area contributed by atoms with Gasteiger partial charge in [-0.05, 0) is 43.7 Å². The summed E-state index contributed by atoms with van der Waals surface area (Å²) in [6.45, 7) is 5.57. The van der Waals surface area contributed by atoms with Gasteiger partial charge in [0, 0.05) is 48.6 Å². The largest absolute Gasteiger partial charge is 0.486 e. The lowest BCUT2D eigenvalue weighted by Gasteiger charge is -2.44. The Hall–Kier alpha value is -2.92. The molecule has 0 amide bonds. The quantitative estimate of drug-likeness (QED) is 0.542. The minimum atomic E-state index is -0.421. The van der Waals surface area contributed by atoms with Crippen LogP contribution in [0.4, 0.5) is 5.82 Å². The zero-order valence-electron chi connectivity index (χ0n) is 18.4. The van der Waals surface area contributed by atoms with Crippen LogP contribution < -0.4 is 9.64 Å². The third-order valence-electron chi connectivity index (χ3n) is 6.57. The number of para-hydroxylation sites is 1. The predicted octanol–water partition coefficient (Wildman–Crippen LogP) is 5.34. The minimum Gasteiger partial charge on any atom is -0.486 e. The number of carbonyl (C=O) groups is 1. The smallest absolute Gasteiger partial charge is 0.170 e. The zero-order chi connectivity index (χ0) is 22.3. The Morgan fingerprint density at radius 3 is 2.50 bits per heavy atom. The van der Waals surface area contributed by atoms with Crippen LogP contribution in [0, 0.1) is 13.8 Å². The molecule has 1 fully saturated rings. The minimum absolute atomic E-state index is 0.178. The van der Waals surface area contributed by atoms with Crippen molar-refractivity contribution in [1.82, 2.24) is 9.97 Å². The van der Waals surface area contributed by atoms with Gasteiger partial charge in [0.15, 0.2) is 5.78 Å². The number of hydrogen-bond acceptors (Lipinski definition) is 5. The third-order valence-corrected chi connectivity index (χ3v) is 6.82. The van der Waals surface area contributed by atoms with E-state index in [-0.39, 0.29) is 5.78 Å². The molecular weight excluding hydrogens is 422 g/mol. The number of halogens is 1. The number of ketones is 1. The van der Waals surface area contributed by atoms with Crippen LogP contribution in [0.2, 0.25) is 5.02 Å². The molecule has 0 N–H and O–H groups in total. The highest BCUT2D eigenvalue weighted by Gasteiger charge is 2.43. The number of piperidine rings is 1. The van der Waals surface area contributed by atoms with Crippen molar-refractivity contribution in [2.75, 3.05) is 18.0 Å². The molecule has 0 radical (unpaired) electrons. The number of anilines is 1. The molecular formula is C26H26ClN3O2. The summed E-state index contributed by atoms with van der Waals surface area (Å²) in [5.74, 6) is 2.66. The van der Waals surface area contributed by atoms with E-state index in [0.717, 1.165) is 60.3 Å². The van der Waals surface area contributed by atoms with Gasteiger partial charge in [-0.25, -0.2) is 9.97 Å². The Labute approximate surface area is 193 Å². The van der Waals surface area contributed by atoms with Crippen LogP contribution in [-0.4, -0.2) is 34.4 Å². The average Bonchev–Trinajstić information content (AvgIpc) is 2.77. The monoisotopic (exact) mass is 447 g/mol. The molecule has 0 aliphatic carbocycles. The zero-order valence-corrected chi connectivity index (χ0v) is 19.2. The van der Waals surface area contributed by atoms with Crippen LogP contribution in [0.25, 0.3) is 0 Å². The fourth-order valence-electron chi connectivity index (χ4n) is 4.84. The molecule has 0 atom stereocenters. The van der Waals surface area contributed by atoms with Gasteiger partial charge in [0.1, 0.15) is 23.0 Å². The molecule has 0 bridgehead atoms. The van der Waals surface area contributed by atoms with Crippen LogP contribution in [0.15, 0.2) is 48.5 Å². The van der Waals surface area contributed by atoms with E-state index in [0.29, 0.717) is 17.7 Å². The summed E-state index contributed by atoms with van der Waals surface area (Å²) >= 11 is 6.06. The second-order valence-corrected chi connectivity index (χ2v) is 9.27. The summed E-state index contributed by atoms with van der Waals surface area (Å²) in [5.41, 5.74) is 3.60. The molecule has 1 saturated heterocycles. The molecule has 1 aromatic heterocycles. The van der Waals surface area contributed by atoms with Crippen molar-refractivity contribution in [2.45, 2.75) is 45.1 Å². The van der Waals surface area contributed by atoms with E-state index >= 15 is 0 Å². The van der Waals surface area contributed by atoms with Crippen LogP contribution >= 0.6 is 11.6 Å². The number of nitrogens with zero attached hydrogens (tertiary/aromatic N) is 3. The Kier molecular flexibility index (Phi) is 5.38. The van der Waals surface area contributed by atoms with Gasteiger partial charge in [-0.1, -0.05) is 35.9 Å². The molecule has 2 aromatic carbocycles. The fraction of sp³-hybridized carbons (Fsp3) is 0.346. The van der Waals surface area contributed by atoms with E-state index in [1.807, 2.05) is 43.3 Å². The van der Waals surface area contributed by atoms with E-state index in [1.165, 1.54) is 5.56 Å². The maximum Gasteiger partial charge on any atom is 0.170 e. The van der Waals surface area contributed by atoms with Crippen molar-refractivity contribution in [1.29, 1.82) is 0 Å². The van der Waals surface area contributed by atoms with Gasteiger partial charge >= 0.3 is 0 Å². The molecule has 5 nitrogen and oxygen atoms in total. The first-order valence-corrected chi connectivity index (χ1v) is 11.4. The Bertz CT molecular complexity index is 1170. The molecule has 5 rings (SSSR count). The van der Waals surface area contributed by atoms with Gasteiger partial charge in [0.2, 0.25) is 0 Å². The van der Waals surface area contributed by atoms with Gasteiger partial charge in [-0.2, -0.15) is 0 Å². The standard InChI is InChI=1S/C26H26ClN3O2/c1-17-22(15-19-7-9-20(27)10-8-19)25(29-18(2)28-17)30-13-11-26(12-14-30)16-23(31)21-5-3-4-6-24(21)32-26/h3-10H,11-16H2,1-2H3. The summed E-state index contributed by atoms with van der Waals surface area (Å²) in [6, 6.07) is 15.5. The SMILES string of the molecule is Cc1nc(C)c(Cc2ccc(Cl)cc2)c(N2CCC3(CC2)CC(=O)c2ccccc2O3)n1. The van der Waals surface area contributed by atoms with E-state index in [2.05, 4.69) is 28.9 Å². The first kappa shape index (κ1) is 21.0. The summed E-state index contributed by atoms with van der Waals surface area (Å²) in [7, 11) is 0. The summed E-state index contributed by atoms with van der Waals surface area (Å²) in [4.78, 5) is 24.5. The molecule has 2 aliphatic rings. The number of ether oxygens (including phenoxy) is 1. The van der Waals surface area contributed by atoms with Crippen molar-refractivity contribution in [2.24, 2.45) is 0 Å². The number of fused-ring (bicyclic) bond motifs is 1. The average molecular weight is 448 g/mol. The topological polar surface area (TPSA) is 55.3 Å². The summed E-state index contributed by atoms with van der Waals surface area (Å²) in [6.07, 6.45) is 2.77. The number of benzene rings is 2. The Morgan fingerprint density at radius 1 is 1.03 bits per heavy atom. The summed E-state index contributed by atoms with van der Waals surface area (Å²) < 4.78 is 6.41. The van der Waals surface area contributed by atoms with E-state index in [4.69, 9.17) is 21.3 Å². The van der Waals surface area contributed by atoms with Gasteiger partial charge in [0.05, 0.1) is 12.0 Å². The highest BCUT2D eigenvalue weighted by molar-refractivity contribution is 6.30. The number of carbonyl (C=O) groups excluding carboxylic acids is 1. The molecule has 0 unspecified atom stereocenters. The second-order valence-electron chi connectivity index (χ2n) is 8.83. The molecule has 1 spiro atoms. The van der Waals surface area contributed by atoms with Crippen LogP contribution in [0.3, 0.4) is 0 Å². The second kappa shape index (κ2) is 8.21. The van der Waals surface area contributed by atoms with Gasteiger partial charge < -0.3 is 9.64 Å². The van der Waals surface area contributed by atoms with Crippen LogP contribution in [0.1, 0.15) is 52.3 Å². The molecule has 164 valence electrons. The first-order valence-electron chi connectivity index (χ1n) is 11.1. The van der Waals surface area contributed by atoms with Crippen molar-refractivity contribution in [3.63, 3.8) is 0 Å². The normalized spacial score (nSPS) is 17.2. The van der Waals surface area contributed by atoms with E-state index in [9.17, 15) is 4.79 Å². The lowest BCUT2D eigenvalue weighted by Crippen LogP contribution is -2.51. The number of hydrogen-bond donors (Lipinski definition) is 0. The fourth-order valence-corrected chi connectivity index (χ4v) is 4.97. The van der Waals surface area contributed by atoms with Crippen LogP contribution in [-0.2, 0) is 6.42 Å². The molecule has 6 heteroatoms. The highest BCUT2D eigenvalue weighted by Crippen LogP contribution is 2.40. The maximum atomic E-state index is 12.8. The van der Waals surface area contributed by atoms with Gasteiger partial charge in [-0.15, -0.1) is 0 Å². The van der Waals surface area contributed by atoms with Crippen molar-refractivity contribution in [3.05, 3.63) is 81.8 Å². The Morgan fingerprint density at radius 2 is 1.75 bits per heavy atom. The van der Waals surface area contributed by atoms with Gasteiger partial charge in [0.25, 0.3) is 0 Å². The van der Waals surface area contributed by atoms with Crippen molar-refractivity contribution >= 4 is 23.2 Å². The number of aryl methyl sites for hydroxylation is 2. The van der Waals surface area contributed by atoms with Gasteiger partial charge in [-0.3, -0.25) is 4.79 Å². The number of Topliss-reactive ketones (excluding diaryl/α,β-unsaturated/α-hetero) is 1. The molecule has 2 aliphatic heterocycles. The van der Waals surface area contributed by atoms with Crippen molar-refractivity contribution in [3.8, 4) is 5.75 Å². The molecule has 3 aromatic rings. The third kappa shape index (κ3) is 3.97. The van der Waals surface area contributed by atoms with E-state index in [1.54, 1.807) is 0 Å². The summed E-state index contributed by atoms with van der Waals surface area (Å²) in [5, 5.41) is 0.732. The molecule has 3 heterocycles. The maximum absolute atomic E-state index is 12.8. The lowest BCUT2D eigenvalue weighted by molar-refractivity contribution is 0.0231. The van der Waals surface area contributed by atoms with E-state index < -0.39 is 5.60 Å². The Balaban J connectivity index is 1.39. The molecule has 32 heavy (non-hydrogen) atoms. The van der Waals surface area contributed by atoms with Crippen molar-refractivity contribution < 1.29 is 9.53 Å². The van der Waals surface area contributed by atoms with Crippen LogP contribution in [0.5, 0.6) is 5.75 Å². The first-order chi connectivity index (χ1) is 15.4. The lowest BCUT2D eigenvalue weighted by atomic mass is 9.82. The molecule has 0 saturated carbocycles. The highest BCUT2D eigenvalue weighted by atomic mass is 35.5.